The standard InChI is InChI=1S/C18H17FN2O3/c1-22-9-13-7-18(15-6-12(19)4-5-16(15)20-13)23-10-14-8-17(21-24-14)11-2-3-11/h4-8,11H,2-3,9-10H2,1H3. The quantitative estimate of drug-likeness (QED) is 0.685. The number of rotatable bonds is 6. The molecule has 4 rings (SSSR count). The van der Waals surface area contributed by atoms with E-state index in [9.17, 15) is 4.39 Å². The summed E-state index contributed by atoms with van der Waals surface area (Å²) < 4.78 is 29.9. The first-order chi connectivity index (χ1) is 11.7. The summed E-state index contributed by atoms with van der Waals surface area (Å²) in [5.74, 6) is 1.42. The number of hydrogen-bond donors (Lipinski definition) is 0. The third-order valence-electron chi connectivity index (χ3n) is 4.02. The molecule has 0 bridgehead atoms. The zero-order chi connectivity index (χ0) is 16.5. The molecule has 0 saturated heterocycles. The molecule has 5 nitrogen and oxygen atoms in total. The van der Waals surface area contributed by atoms with Crippen LogP contribution in [0.5, 0.6) is 5.75 Å². The van der Waals surface area contributed by atoms with E-state index in [2.05, 4.69) is 10.1 Å². The number of halogens is 1. The lowest BCUT2D eigenvalue weighted by Gasteiger charge is -2.10. The predicted molar refractivity (Wildman–Crippen MR) is 85.2 cm³/mol. The SMILES string of the molecule is COCc1cc(OCc2cc(C3CC3)no2)c2cc(F)ccc2n1. The van der Waals surface area contributed by atoms with Crippen LogP contribution < -0.4 is 4.74 Å². The van der Waals surface area contributed by atoms with Crippen LogP contribution in [0.4, 0.5) is 4.39 Å². The lowest BCUT2D eigenvalue weighted by atomic mass is 10.1. The number of ether oxygens (including phenoxy) is 2. The van der Waals surface area contributed by atoms with Crippen LogP contribution in [-0.4, -0.2) is 17.3 Å². The molecule has 2 heterocycles. The topological polar surface area (TPSA) is 57.4 Å². The molecule has 6 heteroatoms. The fourth-order valence-electron chi connectivity index (χ4n) is 2.68. The molecule has 0 atom stereocenters. The zero-order valence-corrected chi connectivity index (χ0v) is 13.3. The summed E-state index contributed by atoms with van der Waals surface area (Å²) in [5.41, 5.74) is 2.37. The number of aromatic nitrogens is 2. The van der Waals surface area contributed by atoms with Crippen molar-refractivity contribution in [3.63, 3.8) is 0 Å². The molecule has 0 unspecified atom stereocenters. The molecule has 0 radical (unpaired) electrons. The first kappa shape index (κ1) is 15.1. The van der Waals surface area contributed by atoms with Gasteiger partial charge in [-0.2, -0.15) is 0 Å². The van der Waals surface area contributed by atoms with Gasteiger partial charge in [-0.15, -0.1) is 0 Å². The van der Waals surface area contributed by atoms with Gasteiger partial charge in [0.25, 0.3) is 0 Å². The summed E-state index contributed by atoms with van der Waals surface area (Å²) in [4.78, 5) is 4.45. The van der Waals surface area contributed by atoms with Crippen LogP contribution in [-0.2, 0) is 18.0 Å². The number of methoxy groups -OCH3 is 1. The van der Waals surface area contributed by atoms with E-state index in [1.54, 1.807) is 19.2 Å². The minimum absolute atomic E-state index is 0.238. The lowest BCUT2D eigenvalue weighted by Crippen LogP contribution is -1.99. The van der Waals surface area contributed by atoms with Gasteiger partial charge in [-0.1, -0.05) is 5.16 Å². The molecule has 1 saturated carbocycles. The molecule has 2 aromatic heterocycles. The van der Waals surface area contributed by atoms with E-state index < -0.39 is 0 Å². The Labute approximate surface area is 138 Å². The highest BCUT2D eigenvalue weighted by Gasteiger charge is 2.27. The lowest BCUT2D eigenvalue weighted by molar-refractivity contribution is 0.181. The second kappa shape index (κ2) is 6.20. The summed E-state index contributed by atoms with van der Waals surface area (Å²) in [6.45, 7) is 0.597. The monoisotopic (exact) mass is 328 g/mol. The van der Waals surface area contributed by atoms with Gasteiger partial charge >= 0.3 is 0 Å². The van der Waals surface area contributed by atoms with E-state index >= 15 is 0 Å². The maximum Gasteiger partial charge on any atom is 0.174 e. The third-order valence-corrected chi connectivity index (χ3v) is 4.02. The summed E-state index contributed by atoms with van der Waals surface area (Å²) in [6.07, 6.45) is 2.34. The molecule has 1 fully saturated rings. The molecule has 0 N–H and O–H groups in total. The molecular formula is C18H17FN2O3. The van der Waals surface area contributed by atoms with Gasteiger partial charge in [-0.3, -0.25) is 4.98 Å². The van der Waals surface area contributed by atoms with Crippen LogP contribution in [0.1, 0.15) is 35.9 Å². The summed E-state index contributed by atoms with van der Waals surface area (Å²) in [5, 5.41) is 4.69. The molecule has 0 amide bonds. The molecule has 1 aliphatic rings. The first-order valence-corrected chi connectivity index (χ1v) is 7.89. The molecule has 124 valence electrons. The van der Waals surface area contributed by atoms with E-state index in [1.165, 1.54) is 25.0 Å². The van der Waals surface area contributed by atoms with Crippen LogP contribution in [0.2, 0.25) is 0 Å². The van der Waals surface area contributed by atoms with Gasteiger partial charge in [-0.05, 0) is 31.0 Å². The van der Waals surface area contributed by atoms with E-state index in [0.717, 1.165) is 11.4 Å². The van der Waals surface area contributed by atoms with Gasteiger partial charge in [-0.25, -0.2) is 4.39 Å². The van der Waals surface area contributed by atoms with Crippen molar-refractivity contribution in [3.8, 4) is 5.75 Å². The van der Waals surface area contributed by atoms with Crippen molar-refractivity contribution in [2.45, 2.75) is 32.0 Å². The van der Waals surface area contributed by atoms with E-state index in [-0.39, 0.29) is 12.4 Å². The van der Waals surface area contributed by atoms with Crippen LogP contribution in [0.25, 0.3) is 10.9 Å². The van der Waals surface area contributed by atoms with Gasteiger partial charge in [0.1, 0.15) is 18.2 Å². The molecule has 1 aromatic carbocycles. The average molecular weight is 328 g/mol. The van der Waals surface area contributed by atoms with Gasteiger partial charge in [0.15, 0.2) is 5.76 Å². The second-order valence-electron chi connectivity index (χ2n) is 5.99. The van der Waals surface area contributed by atoms with Crippen molar-refractivity contribution < 1.29 is 18.4 Å². The summed E-state index contributed by atoms with van der Waals surface area (Å²) in [7, 11) is 1.60. The minimum atomic E-state index is -0.329. The van der Waals surface area contributed by atoms with Gasteiger partial charge in [0.2, 0.25) is 0 Å². The van der Waals surface area contributed by atoms with Gasteiger partial charge in [0, 0.05) is 30.5 Å². The van der Waals surface area contributed by atoms with E-state index in [0.29, 0.717) is 34.9 Å². The molecule has 24 heavy (non-hydrogen) atoms. The maximum atomic E-state index is 13.6. The molecule has 3 aromatic rings. The Morgan fingerprint density at radius 1 is 1.21 bits per heavy atom. The molecule has 1 aliphatic carbocycles. The molecule has 0 spiro atoms. The fraction of sp³-hybridized carbons (Fsp3) is 0.333. The summed E-state index contributed by atoms with van der Waals surface area (Å²) >= 11 is 0. The van der Waals surface area contributed by atoms with E-state index in [4.69, 9.17) is 14.0 Å². The highest BCUT2D eigenvalue weighted by Crippen LogP contribution is 2.39. The van der Waals surface area contributed by atoms with Crippen molar-refractivity contribution >= 4 is 10.9 Å². The van der Waals surface area contributed by atoms with Crippen LogP contribution in [0.15, 0.2) is 34.9 Å². The minimum Gasteiger partial charge on any atom is -0.485 e. The third kappa shape index (κ3) is 3.10. The normalized spacial score (nSPS) is 14.2. The Kier molecular flexibility index (Phi) is 3.90. The van der Waals surface area contributed by atoms with Crippen LogP contribution in [0.3, 0.4) is 0 Å². The average Bonchev–Trinajstić information content (AvgIpc) is 3.32. The fourth-order valence-corrected chi connectivity index (χ4v) is 2.68. The van der Waals surface area contributed by atoms with Crippen molar-refractivity contribution in [3.05, 3.63) is 53.3 Å². The first-order valence-electron chi connectivity index (χ1n) is 7.89. The Hall–Kier alpha value is -2.47. The maximum absolute atomic E-state index is 13.6. The van der Waals surface area contributed by atoms with Crippen molar-refractivity contribution in [1.29, 1.82) is 0 Å². The van der Waals surface area contributed by atoms with Gasteiger partial charge in [0.05, 0.1) is 23.5 Å². The van der Waals surface area contributed by atoms with E-state index in [1.807, 2.05) is 6.07 Å². The Morgan fingerprint density at radius 2 is 2.08 bits per heavy atom. The van der Waals surface area contributed by atoms with Crippen molar-refractivity contribution in [1.82, 2.24) is 10.1 Å². The van der Waals surface area contributed by atoms with Crippen molar-refractivity contribution in [2.75, 3.05) is 7.11 Å². The Balaban J connectivity index is 1.61. The molecular weight excluding hydrogens is 311 g/mol. The molecule has 0 aliphatic heterocycles. The van der Waals surface area contributed by atoms with Crippen LogP contribution >= 0.6 is 0 Å². The zero-order valence-electron chi connectivity index (χ0n) is 13.3. The largest absolute Gasteiger partial charge is 0.485 e. The second-order valence-corrected chi connectivity index (χ2v) is 5.99. The summed E-state index contributed by atoms with van der Waals surface area (Å²) in [6, 6.07) is 8.13. The Bertz CT molecular complexity index is 874. The number of benzene rings is 1. The number of fused-ring (bicyclic) bond motifs is 1. The number of hydrogen-bond acceptors (Lipinski definition) is 5. The smallest absolute Gasteiger partial charge is 0.174 e. The number of nitrogens with zero attached hydrogens (tertiary/aromatic N) is 2. The van der Waals surface area contributed by atoms with Gasteiger partial charge < -0.3 is 14.0 Å². The van der Waals surface area contributed by atoms with Crippen molar-refractivity contribution in [2.24, 2.45) is 0 Å². The highest BCUT2D eigenvalue weighted by atomic mass is 19.1. The van der Waals surface area contributed by atoms with Crippen LogP contribution in [0, 0.1) is 5.82 Å². The highest BCUT2D eigenvalue weighted by molar-refractivity contribution is 5.85. The Morgan fingerprint density at radius 3 is 2.88 bits per heavy atom. The predicted octanol–water partition coefficient (Wildman–Crippen LogP) is 3.96. The number of pyridine rings is 1.